The van der Waals surface area contributed by atoms with Gasteiger partial charge in [0.2, 0.25) is 0 Å². The van der Waals surface area contributed by atoms with Crippen molar-refractivity contribution < 1.29 is 4.42 Å². The van der Waals surface area contributed by atoms with E-state index in [1.54, 1.807) is 0 Å². The summed E-state index contributed by atoms with van der Waals surface area (Å²) in [6.45, 7) is 0. The first-order chi connectivity index (χ1) is 21.8. The molecule has 3 aromatic heterocycles. The Labute approximate surface area is 253 Å². The number of furan rings is 1. The highest BCUT2D eigenvalue weighted by atomic mass is 16.3. The van der Waals surface area contributed by atoms with Gasteiger partial charge in [-0.05, 0) is 36.4 Å². The summed E-state index contributed by atoms with van der Waals surface area (Å²) >= 11 is 0. The number of hydrogen-bond donors (Lipinski definition) is 0. The molecule has 0 unspecified atom stereocenters. The maximum absolute atomic E-state index is 6.52. The fourth-order valence-electron chi connectivity index (χ4n) is 6.35. The normalized spacial score (nSPS) is 11.6. The van der Waals surface area contributed by atoms with E-state index < -0.39 is 0 Å². The van der Waals surface area contributed by atoms with Crippen molar-refractivity contribution >= 4 is 43.7 Å². The summed E-state index contributed by atoms with van der Waals surface area (Å²) in [5.41, 5.74) is 9.94. The van der Waals surface area contributed by atoms with E-state index in [0.717, 1.165) is 66.7 Å². The van der Waals surface area contributed by atoms with Crippen molar-refractivity contribution in [2.75, 3.05) is 0 Å². The first kappa shape index (κ1) is 24.6. The van der Waals surface area contributed by atoms with Crippen molar-refractivity contribution in [3.05, 3.63) is 152 Å². The summed E-state index contributed by atoms with van der Waals surface area (Å²) in [5, 5.41) is 4.62. The largest absolute Gasteiger partial charge is 0.454 e. The molecule has 9 aromatic rings. The van der Waals surface area contributed by atoms with Crippen molar-refractivity contribution in [2.45, 2.75) is 0 Å². The highest BCUT2D eigenvalue weighted by Gasteiger charge is 2.19. The summed E-state index contributed by atoms with van der Waals surface area (Å²) in [6.07, 6.45) is 0. The van der Waals surface area contributed by atoms with Crippen LogP contribution in [0.1, 0.15) is 0 Å². The molecule has 0 saturated carbocycles. The third-order valence-corrected chi connectivity index (χ3v) is 8.43. The highest BCUT2D eigenvalue weighted by molar-refractivity contribution is 6.21. The number of nitrogens with zero attached hydrogens (tertiary/aromatic N) is 3. The average molecular weight is 564 g/mol. The van der Waals surface area contributed by atoms with E-state index in [1.165, 1.54) is 10.8 Å². The highest BCUT2D eigenvalue weighted by Crippen LogP contribution is 2.40. The van der Waals surface area contributed by atoms with Crippen LogP contribution in [0.15, 0.2) is 156 Å². The number of benzene rings is 6. The minimum absolute atomic E-state index is 0.709. The molecule has 0 N–H and O–H groups in total. The van der Waals surface area contributed by atoms with E-state index in [0.29, 0.717) is 5.82 Å². The molecule has 0 radical (unpaired) electrons. The SMILES string of the molecule is c1ccc(-c2cc(-c3ccc(-n4c5ccccc5c5ccc6c7ccccc7oc6c54)cc3)nc(-c3ccccc3)n2)cc1. The smallest absolute Gasteiger partial charge is 0.160 e. The Morgan fingerprint density at radius 3 is 1.80 bits per heavy atom. The van der Waals surface area contributed by atoms with Gasteiger partial charge < -0.3 is 8.98 Å². The van der Waals surface area contributed by atoms with E-state index >= 15 is 0 Å². The molecule has 0 spiro atoms. The Bertz CT molecular complexity index is 2420. The van der Waals surface area contributed by atoms with E-state index in [4.69, 9.17) is 14.4 Å². The fourth-order valence-corrected chi connectivity index (χ4v) is 6.35. The van der Waals surface area contributed by atoms with Crippen molar-refractivity contribution in [1.82, 2.24) is 14.5 Å². The van der Waals surface area contributed by atoms with Crippen LogP contribution in [0.2, 0.25) is 0 Å². The Kier molecular flexibility index (Phi) is 5.47. The molecular weight excluding hydrogens is 538 g/mol. The summed E-state index contributed by atoms with van der Waals surface area (Å²) in [7, 11) is 0. The van der Waals surface area contributed by atoms with Gasteiger partial charge in [-0.25, -0.2) is 9.97 Å². The zero-order chi connectivity index (χ0) is 29.0. The van der Waals surface area contributed by atoms with Gasteiger partial charge in [-0.15, -0.1) is 0 Å². The molecule has 44 heavy (non-hydrogen) atoms. The summed E-state index contributed by atoms with van der Waals surface area (Å²) in [6, 6.07) is 52.4. The van der Waals surface area contributed by atoms with Gasteiger partial charge in [0, 0.05) is 43.9 Å². The molecule has 4 nitrogen and oxygen atoms in total. The van der Waals surface area contributed by atoms with Crippen LogP contribution < -0.4 is 0 Å². The zero-order valence-corrected chi connectivity index (χ0v) is 23.7. The summed E-state index contributed by atoms with van der Waals surface area (Å²) in [5.74, 6) is 0.709. The van der Waals surface area contributed by atoms with Gasteiger partial charge in [-0.3, -0.25) is 0 Å². The van der Waals surface area contributed by atoms with Crippen LogP contribution in [0.3, 0.4) is 0 Å². The zero-order valence-electron chi connectivity index (χ0n) is 23.7. The molecule has 0 aliphatic rings. The molecule has 4 heteroatoms. The lowest BCUT2D eigenvalue weighted by molar-refractivity contribution is 0.671. The third-order valence-electron chi connectivity index (χ3n) is 8.43. The van der Waals surface area contributed by atoms with E-state index in [2.05, 4.69) is 108 Å². The molecule has 0 bridgehead atoms. The Morgan fingerprint density at radius 2 is 1.05 bits per heavy atom. The van der Waals surface area contributed by atoms with Crippen LogP contribution in [-0.4, -0.2) is 14.5 Å². The van der Waals surface area contributed by atoms with Gasteiger partial charge in [0.15, 0.2) is 11.4 Å². The molecule has 0 saturated heterocycles. The lowest BCUT2D eigenvalue weighted by Crippen LogP contribution is -1.97. The molecular formula is C40H25N3O. The van der Waals surface area contributed by atoms with E-state index in [-0.39, 0.29) is 0 Å². The van der Waals surface area contributed by atoms with Crippen LogP contribution in [-0.2, 0) is 0 Å². The monoisotopic (exact) mass is 563 g/mol. The second-order valence-corrected chi connectivity index (χ2v) is 11.0. The van der Waals surface area contributed by atoms with Crippen molar-refractivity contribution in [2.24, 2.45) is 0 Å². The first-order valence-electron chi connectivity index (χ1n) is 14.8. The second-order valence-electron chi connectivity index (χ2n) is 11.0. The Hall–Kier alpha value is -6.00. The molecule has 6 aromatic carbocycles. The number of fused-ring (bicyclic) bond motifs is 7. The maximum atomic E-state index is 6.52. The molecule has 0 aliphatic heterocycles. The molecule has 206 valence electrons. The van der Waals surface area contributed by atoms with Crippen LogP contribution in [0.4, 0.5) is 0 Å². The van der Waals surface area contributed by atoms with Gasteiger partial charge in [-0.1, -0.05) is 115 Å². The van der Waals surface area contributed by atoms with Gasteiger partial charge >= 0.3 is 0 Å². The Balaban J connectivity index is 1.24. The van der Waals surface area contributed by atoms with Gasteiger partial charge in [-0.2, -0.15) is 0 Å². The lowest BCUT2D eigenvalue weighted by atomic mass is 10.1. The third kappa shape index (κ3) is 3.85. The standard InChI is InChI=1S/C40H25N3O/c1-3-11-26(12-4-1)34-25-35(42-40(41-34)28-13-5-2-6-14-28)27-19-21-29(22-20-27)43-36-17-9-7-15-30(36)32-23-24-33-31-16-8-10-18-37(31)44-39(33)38(32)43/h1-25H. The van der Waals surface area contributed by atoms with E-state index in [9.17, 15) is 0 Å². The maximum Gasteiger partial charge on any atom is 0.160 e. The van der Waals surface area contributed by atoms with Crippen LogP contribution in [0.25, 0.3) is 83.3 Å². The number of hydrogen-bond acceptors (Lipinski definition) is 3. The van der Waals surface area contributed by atoms with Crippen LogP contribution in [0.5, 0.6) is 0 Å². The second kappa shape index (κ2) is 9.79. The van der Waals surface area contributed by atoms with Gasteiger partial charge in [0.1, 0.15) is 5.58 Å². The van der Waals surface area contributed by atoms with Gasteiger partial charge in [0.05, 0.1) is 22.4 Å². The molecule has 3 heterocycles. The molecule has 0 atom stereocenters. The minimum Gasteiger partial charge on any atom is -0.454 e. The van der Waals surface area contributed by atoms with Gasteiger partial charge in [0.25, 0.3) is 0 Å². The fraction of sp³-hybridized carbons (Fsp3) is 0. The number of para-hydroxylation sites is 2. The molecule has 0 amide bonds. The lowest BCUT2D eigenvalue weighted by Gasteiger charge is -2.11. The number of rotatable bonds is 4. The van der Waals surface area contributed by atoms with Crippen molar-refractivity contribution in [1.29, 1.82) is 0 Å². The number of aromatic nitrogens is 3. The van der Waals surface area contributed by atoms with Crippen LogP contribution >= 0.6 is 0 Å². The molecule has 0 fully saturated rings. The minimum atomic E-state index is 0.709. The Morgan fingerprint density at radius 1 is 0.455 bits per heavy atom. The summed E-state index contributed by atoms with van der Waals surface area (Å²) in [4.78, 5) is 9.97. The quantitative estimate of drug-likeness (QED) is 0.214. The predicted molar refractivity (Wildman–Crippen MR) is 180 cm³/mol. The van der Waals surface area contributed by atoms with Crippen LogP contribution in [0, 0.1) is 0 Å². The average Bonchev–Trinajstić information content (AvgIpc) is 3.65. The first-order valence-corrected chi connectivity index (χ1v) is 14.8. The molecule has 0 aliphatic carbocycles. The van der Waals surface area contributed by atoms with Crippen molar-refractivity contribution in [3.63, 3.8) is 0 Å². The molecule has 9 rings (SSSR count). The van der Waals surface area contributed by atoms with E-state index in [1.807, 2.05) is 48.5 Å². The summed E-state index contributed by atoms with van der Waals surface area (Å²) < 4.78 is 8.85. The van der Waals surface area contributed by atoms with Crippen molar-refractivity contribution in [3.8, 4) is 39.6 Å². The predicted octanol–water partition coefficient (Wildman–Crippen LogP) is 10.5. The topological polar surface area (TPSA) is 43.9 Å².